The summed E-state index contributed by atoms with van der Waals surface area (Å²) in [6.45, 7) is 0. The van der Waals surface area contributed by atoms with E-state index in [9.17, 15) is 17.6 Å². The molecule has 0 aliphatic rings. The van der Waals surface area contributed by atoms with Crippen LogP contribution in [0.3, 0.4) is 0 Å². The van der Waals surface area contributed by atoms with Crippen molar-refractivity contribution in [2.75, 3.05) is 5.43 Å². The number of hydrazine groups is 1. The maximum Gasteiger partial charge on any atom is 0.187 e. The van der Waals surface area contributed by atoms with Gasteiger partial charge in [-0.1, -0.05) is 23.2 Å². The summed E-state index contributed by atoms with van der Waals surface area (Å²) in [5, 5.41) is 0.126. The van der Waals surface area contributed by atoms with Gasteiger partial charge in [0, 0.05) is 10.0 Å². The minimum atomic E-state index is -1.64. The molecule has 20 heavy (non-hydrogen) atoms. The number of benzene rings is 2. The second-order valence-electron chi connectivity index (χ2n) is 3.81. The molecule has 0 aliphatic carbocycles. The number of hydrogen-bond acceptors (Lipinski definition) is 2. The summed E-state index contributed by atoms with van der Waals surface area (Å²) in [6, 6.07) is 3.57. The van der Waals surface area contributed by atoms with E-state index in [1.165, 1.54) is 6.07 Å². The number of rotatable bonds is 2. The molecule has 0 aliphatic heterocycles. The maximum atomic E-state index is 13.9. The first-order valence-corrected chi connectivity index (χ1v) is 5.91. The van der Waals surface area contributed by atoms with E-state index >= 15 is 0 Å². The highest BCUT2D eigenvalue weighted by molar-refractivity contribution is 6.35. The minimum Gasteiger partial charge on any atom is -0.319 e. The molecule has 0 bridgehead atoms. The standard InChI is InChI=1S/C12H6Cl2F4N2/c13-5-1-4(2-6(14)3-5)7-8(15)10(17)12(20-19)11(18)9(7)16/h1-3,20H,19H2. The largest absolute Gasteiger partial charge is 0.319 e. The van der Waals surface area contributed by atoms with Crippen LogP contribution in [-0.2, 0) is 0 Å². The first kappa shape index (κ1) is 14.9. The Bertz CT molecular complexity index is 642. The molecule has 0 aromatic heterocycles. The number of halogens is 6. The van der Waals surface area contributed by atoms with Crippen molar-refractivity contribution >= 4 is 28.9 Å². The molecular formula is C12H6Cl2F4N2. The number of nitrogen functional groups attached to an aromatic ring is 1. The van der Waals surface area contributed by atoms with Crippen LogP contribution < -0.4 is 11.3 Å². The lowest BCUT2D eigenvalue weighted by Gasteiger charge is -2.12. The van der Waals surface area contributed by atoms with Gasteiger partial charge in [0.2, 0.25) is 0 Å². The molecule has 0 saturated heterocycles. The second-order valence-corrected chi connectivity index (χ2v) is 4.68. The van der Waals surface area contributed by atoms with Crippen LogP contribution in [0.5, 0.6) is 0 Å². The highest BCUT2D eigenvalue weighted by atomic mass is 35.5. The van der Waals surface area contributed by atoms with Gasteiger partial charge in [0.05, 0.1) is 5.56 Å². The van der Waals surface area contributed by atoms with Gasteiger partial charge in [-0.15, -0.1) is 0 Å². The minimum absolute atomic E-state index is 0.0631. The van der Waals surface area contributed by atoms with Crippen molar-refractivity contribution < 1.29 is 17.6 Å². The molecule has 2 aromatic carbocycles. The van der Waals surface area contributed by atoms with Crippen molar-refractivity contribution in [3.63, 3.8) is 0 Å². The summed E-state index contributed by atoms with van der Waals surface area (Å²) in [5.41, 5.74) is -0.645. The first-order chi connectivity index (χ1) is 9.36. The van der Waals surface area contributed by atoms with Crippen LogP contribution in [0.4, 0.5) is 23.2 Å². The molecule has 0 unspecified atom stereocenters. The molecule has 0 amide bonds. The van der Waals surface area contributed by atoms with E-state index in [-0.39, 0.29) is 15.6 Å². The van der Waals surface area contributed by atoms with Gasteiger partial charge in [-0.05, 0) is 23.8 Å². The van der Waals surface area contributed by atoms with Crippen LogP contribution in [0.25, 0.3) is 11.1 Å². The molecule has 0 radical (unpaired) electrons. The normalized spacial score (nSPS) is 10.8. The van der Waals surface area contributed by atoms with E-state index in [1.807, 2.05) is 0 Å². The van der Waals surface area contributed by atoms with Gasteiger partial charge in [-0.25, -0.2) is 17.6 Å². The third kappa shape index (κ3) is 2.42. The van der Waals surface area contributed by atoms with Crippen molar-refractivity contribution in [3.8, 4) is 11.1 Å². The topological polar surface area (TPSA) is 38.0 Å². The van der Waals surface area contributed by atoms with E-state index < -0.39 is 34.5 Å². The number of hydrogen-bond donors (Lipinski definition) is 2. The van der Waals surface area contributed by atoms with Crippen molar-refractivity contribution in [1.82, 2.24) is 0 Å². The lowest BCUT2D eigenvalue weighted by Crippen LogP contribution is -2.14. The average molecular weight is 325 g/mol. The van der Waals surface area contributed by atoms with Gasteiger partial charge in [-0.2, -0.15) is 0 Å². The Balaban J connectivity index is 2.81. The first-order valence-electron chi connectivity index (χ1n) is 5.15. The van der Waals surface area contributed by atoms with Crippen molar-refractivity contribution in [3.05, 3.63) is 51.5 Å². The fourth-order valence-corrected chi connectivity index (χ4v) is 2.24. The predicted molar refractivity (Wildman–Crippen MR) is 69.5 cm³/mol. The van der Waals surface area contributed by atoms with Gasteiger partial charge < -0.3 is 5.43 Å². The van der Waals surface area contributed by atoms with Crippen LogP contribution in [0, 0.1) is 23.3 Å². The fraction of sp³-hybridized carbons (Fsp3) is 0. The molecular weight excluding hydrogens is 319 g/mol. The van der Waals surface area contributed by atoms with Crippen molar-refractivity contribution in [1.29, 1.82) is 0 Å². The highest BCUT2D eigenvalue weighted by Crippen LogP contribution is 2.36. The lowest BCUT2D eigenvalue weighted by atomic mass is 10.0. The summed E-state index contributed by atoms with van der Waals surface area (Å²) >= 11 is 11.4. The smallest absolute Gasteiger partial charge is 0.187 e. The molecule has 0 heterocycles. The molecule has 0 atom stereocenters. The molecule has 2 aromatic rings. The van der Waals surface area contributed by atoms with Crippen LogP contribution in [0.2, 0.25) is 10.0 Å². The zero-order valence-electron chi connectivity index (χ0n) is 9.58. The van der Waals surface area contributed by atoms with Gasteiger partial charge >= 0.3 is 0 Å². The average Bonchev–Trinajstić information content (AvgIpc) is 2.36. The summed E-state index contributed by atoms with van der Waals surface area (Å²) in [5.74, 6) is -1.67. The summed E-state index contributed by atoms with van der Waals surface area (Å²) < 4.78 is 55.0. The van der Waals surface area contributed by atoms with Gasteiger partial charge in [0.1, 0.15) is 5.69 Å². The third-order valence-electron chi connectivity index (χ3n) is 2.56. The Morgan fingerprint density at radius 2 is 1.25 bits per heavy atom. The van der Waals surface area contributed by atoms with Crippen LogP contribution in [-0.4, -0.2) is 0 Å². The molecule has 3 N–H and O–H groups in total. The Labute approximate surface area is 121 Å². The van der Waals surface area contributed by atoms with Crippen LogP contribution >= 0.6 is 23.2 Å². The monoisotopic (exact) mass is 324 g/mol. The third-order valence-corrected chi connectivity index (χ3v) is 3.00. The summed E-state index contributed by atoms with van der Waals surface area (Å²) in [6.07, 6.45) is 0. The second kappa shape index (κ2) is 5.47. The zero-order valence-corrected chi connectivity index (χ0v) is 11.1. The fourth-order valence-electron chi connectivity index (χ4n) is 1.71. The molecule has 0 spiro atoms. The van der Waals surface area contributed by atoms with E-state index in [0.717, 1.165) is 12.1 Å². The number of nitrogens with two attached hydrogens (primary N) is 1. The Hall–Kier alpha value is -1.50. The number of anilines is 1. The molecule has 0 saturated carbocycles. The summed E-state index contributed by atoms with van der Waals surface area (Å²) in [7, 11) is 0. The maximum absolute atomic E-state index is 13.9. The molecule has 106 valence electrons. The molecule has 0 fully saturated rings. The highest BCUT2D eigenvalue weighted by Gasteiger charge is 2.26. The van der Waals surface area contributed by atoms with Crippen LogP contribution in [0.1, 0.15) is 0 Å². The van der Waals surface area contributed by atoms with E-state index in [2.05, 4.69) is 0 Å². The predicted octanol–water partition coefficient (Wildman–Crippen LogP) is 4.50. The Kier molecular flexibility index (Phi) is 4.08. The number of nitrogens with one attached hydrogen (secondary N) is 1. The lowest BCUT2D eigenvalue weighted by molar-refractivity contribution is 0.463. The molecule has 2 nitrogen and oxygen atoms in total. The Morgan fingerprint density at radius 3 is 1.65 bits per heavy atom. The Morgan fingerprint density at radius 1 is 0.800 bits per heavy atom. The molecule has 8 heteroatoms. The van der Waals surface area contributed by atoms with Crippen molar-refractivity contribution in [2.24, 2.45) is 5.84 Å². The SMILES string of the molecule is NNc1c(F)c(F)c(-c2cc(Cl)cc(Cl)c2)c(F)c1F. The zero-order chi connectivity index (χ0) is 15.0. The summed E-state index contributed by atoms with van der Waals surface area (Å²) in [4.78, 5) is 0. The van der Waals surface area contributed by atoms with Gasteiger partial charge in [0.25, 0.3) is 0 Å². The van der Waals surface area contributed by atoms with Gasteiger partial charge in [-0.3, -0.25) is 5.84 Å². The quantitative estimate of drug-likeness (QED) is 0.369. The van der Waals surface area contributed by atoms with Gasteiger partial charge in [0.15, 0.2) is 23.3 Å². The van der Waals surface area contributed by atoms with Crippen LogP contribution in [0.15, 0.2) is 18.2 Å². The van der Waals surface area contributed by atoms with Crippen molar-refractivity contribution in [2.45, 2.75) is 0 Å². The van der Waals surface area contributed by atoms with E-state index in [4.69, 9.17) is 29.0 Å². The molecule has 2 rings (SSSR count). The van der Waals surface area contributed by atoms with E-state index in [0.29, 0.717) is 0 Å². The van der Waals surface area contributed by atoms with E-state index in [1.54, 1.807) is 5.43 Å².